The number of aldehydes is 1. The molecule has 30 heteroatoms. The first-order chi connectivity index (χ1) is 39.4. The highest BCUT2D eigenvalue weighted by Gasteiger charge is 2.37. The van der Waals surface area contributed by atoms with Gasteiger partial charge in [-0.3, -0.25) is 57.7 Å². The molecule has 1 aromatic heterocycles. The Morgan fingerprint density at radius 2 is 1.01 bits per heavy atom. The number of hydrogen-bond donors (Lipinski definition) is 16. The third-order valence-electron chi connectivity index (χ3n) is 13.2. The molecule has 21 N–H and O–H groups in total. The molecule has 0 unspecified atom stereocenters. The van der Waals surface area contributed by atoms with Crippen LogP contribution in [0.1, 0.15) is 145 Å². The molecular weight excluding hydrogens is 1090 g/mol. The summed E-state index contributed by atoms with van der Waals surface area (Å²) in [6.07, 6.45) is 3.00. The van der Waals surface area contributed by atoms with E-state index in [9.17, 15) is 62.6 Å². The van der Waals surface area contributed by atoms with Crippen LogP contribution in [0.4, 0.5) is 0 Å². The number of aromatic nitrogens is 2. The largest absolute Gasteiger partial charge is 0.481 e. The fourth-order valence-corrected chi connectivity index (χ4v) is 8.51. The number of guanidine groups is 1. The van der Waals surface area contributed by atoms with Crippen LogP contribution in [0.5, 0.6) is 0 Å². The van der Waals surface area contributed by atoms with Crippen molar-refractivity contribution in [2.45, 2.75) is 206 Å². The first-order valence-corrected chi connectivity index (χ1v) is 28.6. The molecule has 84 heavy (non-hydrogen) atoms. The lowest BCUT2D eigenvalue weighted by atomic mass is 9.96. The summed E-state index contributed by atoms with van der Waals surface area (Å²) in [5, 5.41) is 32.9. The van der Waals surface area contributed by atoms with E-state index < -0.39 is 144 Å². The molecule has 0 spiro atoms. The van der Waals surface area contributed by atoms with Gasteiger partial charge in [-0.05, 0) is 94.9 Å². The van der Waals surface area contributed by atoms with Crippen molar-refractivity contribution >= 4 is 77.3 Å². The van der Waals surface area contributed by atoms with Gasteiger partial charge in [0.1, 0.15) is 54.6 Å². The molecule has 10 amide bonds. The van der Waals surface area contributed by atoms with E-state index in [1.807, 2.05) is 20.8 Å². The summed E-state index contributed by atoms with van der Waals surface area (Å²) in [4.78, 5) is 171. The van der Waals surface area contributed by atoms with Crippen molar-refractivity contribution in [3.8, 4) is 0 Å². The van der Waals surface area contributed by atoms with Gasteiger partial charge in [0.15, 0.2) is 5.96 Å². The van der Waals surface area contributed by atoms with E-state index in [4.69, 9.17) is 28.7 Å². The van der Waals surface area contributed by atoms with Crippen LogP contribution in [0, 0.1) is 23.7 Å². The van der Waals surface area contributed by atoms with Gasteiger partial charge in [0.05, 0.1) is 24.8 Å². The molecule has 1 heterocycles. The number of carboxylic acid groups (broad SMARTS) is 1. The maximum absolute atomic E-state index is 14.6. The normalized spacial score (nSPS) is 15.2. The van der Waals surface area contributed by atoms with Gasteiger partial charge in [-0.2, -0.15) is 0 Å². The lowest BCUT2D eigenvalue weighted by Gasteiger charge is -2.30. The highest BCUT2D eigenvalue weighted by atomic mass is 16.4. The quantitative estimate of drug-likeness (QED) is 0.0134. The zero-order valence-electron chi connectivity index (χ0n) is 50.0. The molecule has 0 saturated carbocycles. The van der Waals surface area contributed by atoms with Gasteiger partial charge in [-0.1, -0.05) is 61.8 Å². The molecular formula is C54H95N17O13. The number of unbranched alkanes of at least 4 members (excludes halogenated alkanes) is 1. The van der Waals surface area contributed by atoms with E-state index >= 15 is 0 Å². The number of nitrogens with one attached hydrogen (secondary N) is 10. The maximum atomic E-state index is 14.6. The van der Waals surface area contributed by atoms with Gasteiger partial charge in [-0.15, -0.1) is 0 Å². The summed E-state index contributed by atoms with van der Waals surface area (Å²) >= 11 is 0. The number of nitrogens with zero attached hydrogens (tertiary/aromatic N) is 2. The third-order valence-corrected chi connectivity index (χ3v) is 13.2. The number of aromatic amines is 1. The molecule has 1 rings (SSSR count). The number of primary amides is 1. The minimum atomic E-state index is -1.51. The first kappa shape index (κ1) is 74.3. The summed E-state index contributed by atoms with van der Waals surface area (Å²) in [5.41, 5.74) is 28.3. The number of aliphatic carboxylic acids is 1. The van der Waals surface area contributed by atoms with Crippen molar-refractivity contribution in [1.29, 1.82) is 0 Å². The summed E-state index contributed by atoms with van der Waals surface area (Å²) in [5.74, 6) is -10.8. The molecule has 0 aliphatic rings. The Morgan fingerprint density at radius 1 is 0.583 bits per heavy atom. The second-order valence-electron chi connectivity index (χ2n) is 22.3. The average Bonchev–Trinajstić information content (AvgIpc) is 4.01. The zero-order valence-corrected chi connectivity index (χ0v) is 50.0. The lowest BCUT2D eigenvalue weighted by Crippen LogP contribution is -2.61. The number of carbonyl (C=O) groups excluding carboxylic acids is 11. The zero-order chi connectivity index (χ0) is 63.8. The molecule has 0 aliphatic carbocycles. The van der Waals surface area contributed by atoms with Crippen LogP contribution in [-0.2, 0) is 64.0 Å². The Labute approximate surface area is 491 Å². The average molecular weight is 1190 g/mol. The van der Waals surface area contributed by atoms with Crippen LogP contribution >= 0.6 is 0 Å². The minimum Gasteiger partial charge on any atom is -0.481 e. The van der Waals surface area contributed by atoms with Gasteiger partial charge < -0.3 is 91.4 Å². The van der Waals surface area contributed by atoms with E-state index in [-0.39, 0.29) is 87.9 Å². The van der Waals surface area contributed by atoms with Gasteiger partial charge in [0.25, 0.3) is 0 Å². The van der Waals surface area contributed by atoms with Crippen molar-refractivity contribution in [1.82, 2.24) is 57.8 Å². The highest BCUT2D eigenvalue weighted by molar-refractivity contribution is 5.98. The first-order valence-electron chi connectivity index (χ1n) is 28.6. The fourth-order valence-electron chi connectivity index (χ4n) is 8.51. The Hall–Kier alpha value is -7.76. The number of carbonyl (C=O) groups is 12. The van der Waals surface area contributed by atoms with E-state index in [1.54, 1.807) is 34.6 Å². The maximum Gasteiger partial charge on any atom is 0.305 e. The van der Waals surface area contributed by atoms with Crippen LogP contribution in [-0.4, -0.2) is 166 Å². The smallest absolute Gasteiger partial charge is 0.305 e. The number of aliphatic imine (C=N–C) groups is 1. The van der Waals surface area contributed by atoms with Gasteiger partial charge in [-0.25, -0.2) is 4.98 Å². The Balaban J connectivity index is 3.70. The van der Waals surface area contributed by atoms with Crippen LogP contribution in [0.25, 0.3) is 0 Å². The van der Waals surface area contributed by atoms with E-state index in [2.05, 4.69) is 62.8 Å². The summed E-state index contributed by atoms with van der Waals surface area (Å²) < 4.78 is 0. The van der Waals surface area contributed by atoms with Crippen LogP contribution in [0.15, 0.2) is 17.5 Å². The number of H-pyrrole nitrogens is 1. The number of hydrogen-bond acceptors (Lipinski definition) is 16. The van der Waals surface area contributed by atoms with Crippen LogP contribution < -0.4 is 76.5 Å². The topological polar surface area (TPSA) is 504 Å². The molecule has 30 nitrogen and oxygen atoms in total. The molecule has 0 aromatic carbocycles. The molecule has 0 fully saturated rings. The molecule has 474 valence electrons. The second kappa shape index (κ2) is 38.9. The number of imidazole rings is 1. The van der Waals surface area contributed by atoms with Gasteiger partial charge in [0, 0.05) is 31.3 Å². The predicted octanol–water partition coefficient (Wildman–Crippen LogP) is -3.03. The molecule has 0 radical (unpaired) electrons. The van der Waals surface area contributed by atoms with Gasteiger partial charge >= 0.3 is 5.97 Å². The number of carboxylic acids is 1. The summed E-state index contributed by atoms with van der Waals surface area (Å²) in [7, 11) is 0. The molecule has 0 saturated heterocycles. The SMILES string of the molecule is CC[C@H](C)[C@H](NC(=O)[C@H](CCCCN)NC(=O)[C@H](C)N)C(=O)N[C@@H](CC(C)C)C(=O)N[C@@H](Cc1cnc[nH]1)C(=O)N[C@@H](CCCN=C(N)N)C(=O)N[C@@H](CC(C)C)C(=O)N[C@@H](CC(C)C)C(=O)N[C@@H](CCC(N)=O)C(=O)N[C@H](C=O)CC(=O)O. The minimum absolute atomic E-state index is 0.00394. The van der Waals surface area contributed by atoms with Crippen molar-refractivity contribution in [3.63, 3.8) is 0 Å². The number of rotatable bonds is 42. The van der Waals surface area contributed by atoms with Crippen molar-refractivity contribution in [2.75, 3.05) is 13.1 Å². The standard InChI is InChI=1S/C54H95N17O13/c1-10-31(8)44(71-48(79)35(14-11-12-18-55)64-45(76)32(9)56)53(84)70-40(22-30(6)7)51(82)69-41(23-33-25-60-27-62-33)52(83)65-36(15-13-19-61-54(58)59)47(78)67-39(21-29(4)5)50(81)68-38(20-28(2)3)49(80)66-37(16-17-42(57)73)46(77)63-34(26-72)24-43(74)75/h25-32,34-41,44H,10-24,55-56H2,1-9H3,(H2,57,73)(H,60,62)(H,63,77)(H,64,76)(H,65,83)(H,66,80)(H,67,78)(H,68,81)(H,69,82)(H,70,84)(H,71,79)(H,74,75)(H4,58,59,61)/t31-,32-,34-,35-,36-,37-,38-,39-,40-,41-,44-/m0/s1. The van der Waals surface area contributed by atoms with Crippen molar-refractivity contribution in [2.24, 2.45) is 57.3 Å². The van der Waals surface area contributed by atoms with E-state index in [0.29, 0.717) is 31.5 Å². The van der Waals surface area contributed by atoms with Crippen LogP contribution in [0.2, 0.25) is 0 Å². The second-order valence-corrected chi connectivity index (χ2v) is 22.3. The van der Waals surface area contributed by atoms with Gasteiger partial charge in [0.2, 0.25) is 59.1 Å². The fraction of sp³-hybridized carbons (Fsp3) is 0.704. The Bertz CT molecular complexity index is 2350. The molecule has 1 aromatic rings. The molecule has 0 bridgehead atoms. The van der Waals surface area contributed by atoms with Crippen molar-refractivity contribution < 1.29 is 62.6 Å². The molecule has 11 atom stereocenters. The predicted molar refractivity (Wildman–Crippen MR) is 311 cm³/mol. The number of nitrogens with two attached hydrogens (primary N) is 5. The monoisotopic (exact) mass is 1190 g/mol. The lowest BCUT2D eigenvalue weighted by molar-refractivity contribution is -0.139. The molecule has 0 aliphatic heterocycles. The van der Waals surface area contributed by atoms with Crippen LogP contribution in [0.3, 0.4) is 0 Å². The number of amides is 10. The van der Waals surface area contributed by atoms with E-state index in [1.165, 1.54) is 19.4 Å². The summed E-state index contributed by atoms with van der Waals surface area (Å²) in [6, 6.07) is -13.0. The van der Waals surface area contributed by atoms with Crippen molar-refractivity contribution in [3.05, 3.63) is 18.2 Å². The third kappa shape index (κ3) is 29.5. The Morgan fingerprint density at radius 3 is 1.44 bits per heavy atom. The Kier molecular flexibility index (Phi) is 34.4. The van der Waals surface area contributed by atoms with E-state index in [0.717, 1.165) is 0 Å². The highest BCUT2D eigenvalue weighted by Crippen LogP contribution is 2.15. The summed E-state index contributed by atoms with van der Waals surface area (Å²) in [6.45, 7) is 16.0.